The summed E-state index contributed by atoms with van der Waals surface area (Å²) in [5.74, 6) is -2.44. The highest BCUT2D eigenvalue weighted by Crippen LogP contribution is 2.34. The maximum absolute atomic E-state index is 13.0. The summed E-state index contributed by atoms with van der Waals surface area (Å²) in [6.45, 7) is 2.27. The molecule has 0 unspecified atom stereocenters. The Hall–Kier alpha value is -2.51. The SMILES string of the molecule is Cc1nc(-c2ccncc2N2CCC(C(=O)N3CC(F)(F)C3)CC2)co1. The van der Waals surface area contributed by atoms with E-state index >= 15 is 0 Å². The van der Waals surface area contributed by atoms with Gasteiger partial charge in [-0.25, -0.2) is 13.8 Å². The van der Waals surface area contributed by atoms with E-state index in [1.165, 1.54) is 4.90 Å². The lowest BCUT2D eigenvalue weighted by atomic mass is 9.93. The van der Waals surface area contributed by atoms with Crippen molar-refractivity contribution in [3.8, 4) is 11.3 Å². The molecule has 8 heteroatoms. The molecule has 0 spiro atoms. The van der Waals surface area contributed by atoms with Crippen LogP contribution < -0.4 is 4.90 Å². The van der Waals surface area contributed by atoms with Crippen molar-refractivity contribution >= 4 is 11.6 Å². The summed E-state index contributed by atoms with van der Waals surface area (Å²) in [5, 5.41) is 0. The van der Waals surface area contributed by atoms with Crippen molar-refractivity contribution in [1.82, 2.24) is 14.9 Å². The zero-order chi connectivity index (χ0) is 18.3. The zero-order valence-electron chi connectivity index (χ0n) is 14.5. The lowest BCUT2D eigenvalue weighted by Gasteiger charge is -2.42. The Morgan fingerprint density at radius 3 is 2.65 bits per heavy atom. The van der Waals surface area contributed by atoms with Crippen LogP contribution in [0.1, 0.15) is 18.7 Å². The summed E-state index contributed by atoms with van der Waals surface area (Å²) in [7, 11) is 0. The maximum atomic E-state index is 13.0. The average Bonchev–Trinajstić information content (AvgIpc) is 3.05. The largest absolute Gasteiger partial charge is 0.449 e. The summed E-state index contributed by atoms with van der Waals surface area (Å²) in [5.41, 5.74) is 2.63. The van der Waals surface area contributed by atoms with Gasteiger partial charge in [0.05, 0.1) is 25.0 Å². The van der Waals surface area contributed by atoms with Crippen molar-refractivity contribution in [2.24, 2.45) is 5.92 Å². The fourth-order valence-corrected chi connectivity index (χ4v) is 3.64. The molecule has 0 aliphatic carbocycles. The first kappa shape index (κ1) is 16.9. The van der Waals surface area contributed by atoms with Crippen LogP contribution >= 0.6 is 0 Å². The molecule has 2 fully saturated rings. The Balaban J connectivity index is 1.43. The number of hydrogen-bond acceptors (Lipinski definition) is 5. The highest BCUT2D eigenvalue weighted by Gasteiger charge is 2.47. The Bertz CT molecular complexity index is 807. The fraction of sp³-hybridized carbons (Fsp3) is 0.500. The number of oxazole rings is 1. The zero-order valence-corrected chi connectivity index (χ0v) is 14.5. The van der Waals surface area contributed by atoms with Crippen molar-refractivity contribution in [2.75, 3.05) is 31.1 Å². The third-order valence-electron chi connectivity index (χ3n) is 5.04. The van der Waals surface area contributed by atoms with Gasteiger partial charge in [-0.05, 0) is 18.9 Å². The van der Waals surface area contributed by atoms with Crippen molar-refractivity contribution in [3.63, 3.8) is 0 Å². The molecule has 2 aliphatic rings. The quantitative estimate of drug-likeness (QED) is 0.840. The van der Waals surface area contributed by atoms with Crippen LogP contribution in [0.2, 0.25) is 0 Å². The van der Waals surface area contributed by atoms with E-state index in [9.17, 15) is 13.6 Å². The standard InChI is InChI=1S/C18H20F2N4O2/c1-12-22-15(9-26-12)14-2-5-21-8-16(14)23-6-3-13(4-7-23)17(25)24-10-18(19,20)11-24/h2,5,8-9,13H,3-4,6-7,10-11H2,1H3. The van der Waals surface area contributed by atoms with Crippen LogP contribution in [-0.2, 0) is 4.79 Å². The molecule has 138 valence electrons. The number of amides is 1. The van der Waals surface area contributed by atoms with Crippen molar-refractivity contribution in [3.05, 3.63) is 30.6 Å². The number of anilines is 1. The van der Waals surface area contributed by atoms with Gasteiger partial charge in [-0.2, -0.15) is 0 Å². The van der Waals surface area contributed by atoms with Crippen molar-refractivity contribution < 1.29 is 18.0 Å². The number of alkyl halides is 2. The second kappa shape index (κ2) is 6.34. The molecule has 26 heavy (non-hydrogen) atoms. The van der Waals surface area contributed by atoms with E-state index in [1.54, 1.807) is 25.6 Å². The molecule has 6 nitrogen and oxygen atoms in total. The van der Waals surface area contributed by atoms with Crippen LogP contribution in [0.4, 0.5) is 14.5 Å². The van der Waals surface area contributed by atoms with Gasteiger partial charge in [0.25, 0.3) is 5.92 Å². The van der Waals surface area contributed by atoms with Crippen LogP contribution in [0.3, 0.4) is 0 Å². The average molecular weight is 362 g/mol. The molecular weight excluding hydrogens is 342 g/mol. The van der Waals surface area contributed by atoms with Crippen LogP contribution in [0.15, 0.2) is 29.1 Å². The van der Waals surface area contributed by atoms with Gasteiger partial charge in [0, 0.05) is 37.7 Å². The third-order valence-corrected chi connectivity index (χ3v) is 5.04. The number of hydrogen-bond donors (Lipinski definition) is 0. The monoisotopic (exact) mass is 362 g/mol. The minimum atomic E-state index is -2.71. The smallest absolute Gasteiger partial charge is 0.282 e. The number of nitrogens with zero attached hydrogens (tertiary/aromatic N) is 4. The minimum Gasteiger partial charge on any atom is -0.449 e. The number of piperidine rings is 1. The van der Waals surface area contributed by atoms with Gasteiger partial charge in [-0.1, -0.05) is 0 Å². The summed E-state index contributed by atoms with van der Waals surface area (Å²) in [6.07, 6.45) is 6.41. The molecule has 2 aromatic heterocycles. The van der Waals surface area contributed by atoms with Gasteiger partial charge in [0.2, 0.25) is 5.91 Å². The summed E-state index contributed by atoms with van der Waals surface area (Å²) < 4.78 is 31.3. The molecule has 4 rings (SSSR count). The lowest BCUT2D eigenvalue weighted by Crippen LogP contribution is -2.60. The molecular formula is C18H20F2N4O2. The molecule has 2 aromatic rings. The van der Waals surface area contributed by atoms with Gasteiger partial charge in [-0.3, -0.25) is 9.78 Å². The summed E-state index contributed by atoms with van der Waals surface area (Å²) >= 11 is 0. The molecule has 0 bridgehead atoms. The van der Waals surface area contributed by atoms with Crippen LogP contribution in [0, 0.1) is 12.8 Å². The first-order valence-electron chi connectivity index (χ1n) is 8.71. The van der Waals surface area contributed by atoms with Gasteiger partial charge in [0.15, 0.2) is 5.89 Å². The van der Waals surface area contributed by atoms with E-state index in [-0.39, 0.29) is 11.8 Å². The first-order valence-corrected chi connectivity index (χ1v) is 8.71. The van der Waals surface area contributed by atoms with E-state index in [4.69, 9.17) is 4.42 Å². The van der Waals surface area contributed by atoms with Crippen LogP contribution in [-0.4, -0.2) is 52.9 Å². The third kappa shape index (κ3) is 3.15. The number of aryl methyl sites for hydroxylation is 1. The number of pyridine rings is 1. The molecule has 0 atom stereocenters. The Morgan fingerprint density at radius 2 is 2.04 bits per heavy atom. The topological polar surface area (TPSA) is 62.5 Å². The summed E-state index contributed by atoms with van der Waals surface area (Å²) in [4.78, 5) is 24.4. The lowest BCUT2D eigenvalue weighted by molar-refractivity contribution is -0.170. The normalized spacial score (nSPS) is 20.1. The molecule has 0 radical (unpaired) electrons. The van der Waals surface area contributed by atoms with Crippen molar-refractivity contribution in [1.29, 1.82) is 0 Å². The number of carbonyl (C=O) groups excluding carboxylic acids is 1. The Labute approximate surface area is 149 Å². The van der Waals surface area contributed by atoms with E-state index < -0.39 is 19.0 Å². The van der Waals surface area contributed by atoms with E-state index in [1.807, 2.05) is 6.07 Å². The molecule has 1 amide bonds. The number of carbonyl (C=O) groups is 1. The highest BCUT2D eigenvalue weighted by atomic mass is 19.3. The van der Waals surface area contributed by atoms with Crippen molar-refractivity contribution in [2.45, 2.75) is 25.7 Å². The highest BCUT2D eigenvalue weighted by molar-refractivity contribution is 5.81. The summed E-state index contributed by atoms with van der Waals surface area (Å²) in [6, 6.07) is 1.89. The molecule has 2 aliphatic heterocycles. The molecule has 4 heterocycles. The van der Waals surface area contributed by atoms with E-state index in [0.717, 1.165) is 16.9 Å². The molecule has 0 saturated carbocycles. The second-order valence-electron chi connectivity index (χ2n) is 6.96. The van der Waals surface area contributed by atoms with Gasteiger partial charge in [0.1, 0.15) is 12.0 Å². The maximum Gasteiger partial charge on any atom is 0.282 e. The predicted octanol–water partition coefficient (Wildman–Crippen LogP) is 2.74. The van der Waals surface area contributed by atoms with Gasteiger partial charge < -0.3 is 14.2 Å². The van der Waals surface area contributed by atoms with Gasteiger partial charge >= 0.3 is 0 Å². The Morgan fingerprint density at radius 1 is 1.31 bits per heavy atom. The number of likely N-dealkylation sites (tertiary alicyclic amines) is 1. The van der Waals surface area contributed by atoms with Gasteiger partial charge in [-0.15, -0.1) is 0 Å². The minimum absolute atomic E-state index is 0.144. The first-order chi connectivity index (χ1) is 12.4. The Kier molecular flexibility index (Phi) is 4.13. The molecule has 0 N–H and O–H groups in total. The number of rotatable bonds is 3. The van der Waals surface area contributed by atoms with Crippen LogP contribution in [0.5, 0.6) is 0 Å². The fourth-order valence-electron chi connectivity index (χ4n) is 3.64. The predicted molar refractivity (Wildman–Crippen MR) is 90.9 cm³/mol. The molecule has 2 saturated heterocycles. The number of halogens is 2. The second-order valence-corrected chi connectivity index (χ2v) is 6.96. The number of aromatic nitrogens is 2. The van der Waals surface area contributed by atoms with Crippen LogP contribution in [0.25, 0.3) is 11.3 Å². The van der Waals surface area contributed by atoms with E-state index in [0.29, 0.717) is 31.8 Å². The van der Waals surface area contributed by atoms with E-state index in [2.05, 4.69) is 14.9 Å². The molecule has 0 aromatic carbocycles.